The highest BCUT2D eigenvalue weighted by molar-refractivity contribution is 4.99. The fourth-order valence-corrected chi connectivity index (χ4v) is 1.11. The van der Waals surface area contributed by atoms with E-state index in [1.165, 1.54) is 0 Å². The molecule has 0 atom stereocenters. The van der Waals surface area contributed by atoms with Crippen molar-refractivity contribution in [1.82, 2.24) is 19.9 Å². The van der Waals surface area contributed by atoms with Crippen LogP contribution in [0.1, 0.15) is 30.9 Å². The Morgan fingerprint density at radius 2 is 1.53 bits per heavy atom. The second-order valence-corrected chi connectivity index (χ2v) is 3.55. The van der Waals surface area contributed by atoms with Crippen molar-refractivity contribution in [3.63, 3.8) is 0 Å². The molecule has 0 radical (unpaired) electrons. The quantitative estimate of drug-likeness (QED) is 0.795. The van der Waals surface area contributed by atoms with Crippen LogP contribution in [-0.2, 0) is 12.8 Å². The van der Waals surface area contributed by atoms with Crippen molar-refractivity contribution in [3.05, 3.63) is 48.1 Å². The molecule has 4 heteroatoms. The molecule has 2 aromatic rings. The lowest BCUT2D eigenvalue weighted by molar-refractivity contribution is 0.977. The zero-order valence-electron chi connectivity index (χ0n) is 10.6. The highest BCUT2D eigenvalue weighted by Crippen LogP contribution is 1.93. The maximum absolute atomic E-state index is 4.13. The standard InChI is InChI=1S/C7H10N2.C6H8N2/c1-3-7-5-8-6(2)4-9-7;1-2-6-5-7-3-4-8-6/h4-5H,3H2,1-2H3;3-5H,2H2,1H3. The first-order valence-electron chi connectivity index (χ1n) is 5.78. The van der Waals surface area contributed by atoms with Crippen LogP contribution in [0.2, 0.25) is 0 Å². The number of hydrogen-bond donors (Lipinski definition) is 0. The molecule has 0 fully saturated rings. The Morgan fingerprint density at radius 3 is 1.94 bits per heavy atom. The third-order valence-electron chi connectivity index (χ3n) is 2.18. The summed E-state index contributed by atoms with van der Waals surface area (Å²) >= 11 is 0. The summed E-state index contributed by atoms with van der Waals surface area (Å²) in [5, 5.41) is 0. The molecule has 0 aliphatic heterocycles. The summed E-state index contributed by atoms with van der Waals surface area (Å²) in [4.78, 5) is 16.1. The van der Waals surface area contributed by atoms with E-state index in [1.54, 1.807) is 24.8 Å². The second-order valence-electron chi connectivity index (χ2n) is 3.55. The van der Waals surface area contributed by atoms with Gasteiger partial charge in [-0.1, -0.05) is 13.8 Å². The molecule has 0 unspecified atom stereocenters. The van der Waals surface area contributed by atoms with Crippen LogP contribution in [0.5, 0.6) is 0 Å². The molecular weight excluding hydrogens is 212 g/mol. The van der Waals surface area contributed by atoms with Crippen LogP contribution in [0.25, 0.3) is 0 Å². The fraction of sp³-hybridized carbons (Fsp3) is 0.385. The van der Waals surface area contributed by atoms with Crippen molar-refractivity contribution in [3.8, 4) is 0 Å². The first-order chi connectivity index (χ1) is 8.26. The van der Waals surface area contributed by atoms with Crippen LogP contribution in [0.4, 0.5) is 0 Å². The molecule has 2 aromatic heterocycles. The Labute approximate surface area is 102 Å². The van der Waals surface area contributed by atoms with Gasteiger partial charge in [0.05, 0.1) is 17.1 Å². The summed E-state index contributed by atoms with van der Waals surface area (Å²) in [6.45, 7) is 6.07. The number of rotatable bonds is 2. The van der Waals surface area contributed by atoms with Crippen molar-refractivity contribution in [2.75, 3.05) is 0 Å². The molecule has 17 heavy (non-hydrogen) atoms. The van der Waals surface area contributed by atoms with Gasteiger partial charge in [0.1, 0.15) is 0 Å². The van der Waals surface area contributed by atoms with Gasteiger partial charge in [-0.3, -0.25) is 19.9 Å². The summed E-state index contributed by atoms with van der Waals surface area (Å²) < 4.78 is 0. The van der Waals surface area contributed by atoms with Gasteiger partial charge in [0, 0.05) is 31.0 Å². The number of hydrogen-bond acceptors (Lipinski definition) is 4. The van der Waals surface area contributed by atoms with Gasteiger partial charge in [-0.2, -0.15) is 0 Å². The number of aryl methyl sites for hydroxylation is 3. The van der Waals surface area contributed by atoms with E-state index < -0.39 is 0 Å². The van der Waals surface area contributed by atoms with E-state index in [1.807, 2.05) is 13.1 Å². The summed E-state index contributed by atoms with van der Waals surface area (Å²) in [6, 6.07) is 0. The van der Waals surface area contributed by atoms with E-state index in [0.717, 1.165) is 29.9 Å². The molecule has 0 saturated heterocycles. The first kappa shape index (κ1) is 13.2. The fourth-order valence-electron chi connectivity index (χ4n) is 1.11. The maximum atomic E-state index is 4.13. The van der Waals surface area contributed by atoms with Gasteiger partial charge in [-0.15, -0.1) is 0 Å². The van der Waals surface area contributed by atoms with Crippen LogP contribution in [0.3, 0.4) is 0 Å². The summed E-state index contributed by atoms with van der Waals surface area (Å²) in [5.41, 5.74) is 3.08. The predicted molar refractivity (Wildman–Crippen MR) is 67.6 cm³/mol. The molecule has 0 N–H and O–H groups in total. The van der Waals surface area contributed by atoms with Crippen molar-refractivity contribution < 1.29 is 0 Å². The highest BCUT2D eigenvalue weighted by Gasteiger charge is 1.87. The lowest BCUT2D eigenvalue weighted by Gasteiger charge is -1.92. The molecule has 0 aliphatic rings. The summed E-state index contributed by atoms with van der Waals surface area (Å²) in [6.07, 6.45) is 10.7. The van der Waals surface area contributed by atoms with Gasteiger partial charge in [0.15, 0.2) is 0 Å². The van der Waals surface area contributed by atoms with E-state index in [-0.39, 0.29) is 0 Å². The van der Waals surface area contributed by atoms with E-state index in [2.05, 4.69) is 33.8 Å². The molecule has 0 saturated carbocycles. The molecule has 4 nitrogen and oxygen atoms in total. The Balaban J connectivity index is 0.000000171. The molecule has 0 amide bonds. The lowest BCUT2D eigenvalue weighted by atomic mass is 10.3. The number of nitrogens with zero attached hydrogens (tertiary/aromatic N) is 4. The smallest absolute Gasteiger partial charge is 0.0584 e. The number of aromatic nitrogens is 4. The van der Waals surface area contributed by atoms with Crippen LogP contribution in [0, 0.1) is 6.92 Å². The molecule has 0 aliphatic carbocycles. The van der Waals surface area contributed by atoms with Crippen molar-refractivity contribution in [2.24, 2.45) is 0 Å². The summed E-state index contributed by atoms with van der Waals surface area (Å²) in [7, 11) is 0. The first-order valence-corrected chi connectivity index (χ1v) is 5.78. The average Bonchev–Trinajstić information content (AvgIpc) is 2.41. The van der Waals surface area contributed by atoms with E-state index in [9.17, 15) is 0 Å². The molecule has 0 bridgehead atoms. The van der Waals surface area contributed by atoms with Crippen LogP contribution >= 0.6 is 0 Å². The van der Waals surface area contributed by atoms with Gasteiger partial charge in [-0.05, 0) is 19.8 Å². The Bertz CT molecular complexity index is 411. The van der Waals surface area contributed by atoms with Crippen molar-refractivity contribution >= 4 is 0 Å². The second kappa shape index (κ2) is 7.44. The van der Waals surface area contributed by atoms with Crippen LogP contribution < -0.4 is 0 Å². The van der Waals surface area contributed by atoms with E-state index in [0.29, 0.717) is 0 Å². The highest BCUT2D eigenvalue weighted by atomic mass is 14.8. The van der Waals surface area contributed by atoms with Gasteiger partial charge < -0.3 is 0 Å². The monoisotopic (exact) mass is 230 g/mol. The van der Waals surface area contributed by atoms with Gasteiger partial charge in [0.2, 0.25) is 0 Å². The molecular formula is C13H18N4. The Hall–Kier alpha value is -1.84. The Kier molecular flexibility index (Phi) is 5.79. The maximum Gasteiger partial charge on any atom is 0.0584 e. The zero-order chi connectivity index (χ0) is 12.5. The minimum absolute atomic E-state index is 0.966. The molecule has 0 spiro atoms. The normalized spacial score (nSPS) is 9.35. The van der Waals surface area contributed by atoms with Crippen molar-refractivity contribution in [1.29, 1.82) is 0 Å². The Morgan fingerprint density at radius 1 is 0.824 bits per heavy atom. The largest absolute Gasteiger partial charge is 0.261 e. The minimum atomic E-state index is 0.966. The molecule has 0 aromatic carbocycles. The SMILES string of the molecule is CCc1cnc(C)cn1.CCc1cnccn1. The van der Waals surface area contributed by atoms with Crippen molar-refractivity contribution in [2.45, 2.75) is 33.6 Å². The van der Waals surface area contributed by atoms with Crippen LogP contribution in [0.15, 0.2) is 31.0 Å². The summed E-state index contributed by atoms with van der Waals surface area (Å²) in [5.74, 6) is 0. The van der Waals surface area contributed by atoms with Gasteiger partial charge >= 0.3 is 0 Å². The zero-order valence-corrected chi connectivity index (χ0v) is 10.6. The van der Waals surface area contributed by atoms with Crippen LogP contribution in [-0.4, -0.2) is 19.9 Å². The van der Waals surface area contributed by atoms with E-state index >= 15 is 0 Å². The van der Waals surface area contributed by atoms with E-state index in [4.69, 9.17) is 0 Å². The molecule has 90 valence electrons. The third kappa shape index (κ3) is 5.15. The lowest BCUT2D eigenvalue weighted by Crippen LogP contribution is -1.89. The topological polar surface area (TPSA) is 51.6 Å². The average molecular weight is 230 g/mol. The predicted octanol–water partition coefficient (Wildman–Crippen LogP) is 2.39. The third-order valence-corrected chi connectivity index (χ3v) is 2.18. The van der Waals surface area contributed by atoms with Gasteiger partial charge in [0.25, 0.3) is 0 Å². The minimum Gasteiger partial charge on any atom is -0.261 e. The molecule has 2 rings (SSSR count). The molecule has 2 heterocycles. The van der Waals surface area contributed by atoms with Gasteiger partial charge in [-0.25, -0.2) is 0 Å².